The Kier molecular flexibility index (Phi) is 3.67. The fourth-order valence-electron chi connectivity index (χ4n) is 1.95. The van der Waals surface area contributed by atoms with Crippen LogP contribution in [0, 0.1) is 6.92 Å². The van der Waals surface area contributed by atoms with Gasteiger partial charge in [-0.25, -0.2) is 0 Å². The molecule has 1 N–H and O–H groups in total. The number of aryl methyl sites for hydroxylation is 2. The zero-order valence-electron chi connectivity index (χ0n) is 10.3. The molecule has 0 aliphatic heterocycles. The van der Waals surface area contributed by atoms with Gasteiger partial charge in [-0.2, -0.15) is 5.10 Å². The maximum atomic E-state index is 8.70. The molecule has 0 aliphatic carbocycles. The Balaban J connectivity index is 2.36. The number of halogens is 1. The Morgan fingerprint density at radius 2 is 2.06 bits per heavy atom. The summed E-state index contributed by atoms with van der Waals surface area (Å²) >= 11 is 5.86. The Hall–Kier alpha value is -1.81. The lowest BCUT2D eigenvalue weighted by molar-refractivity contribution is 0.322. The van der Waals surface area contributed by atoms with Crippen molar-refractivity contribution >= 4 is 17.8 Å². The Morgan fingerprint density at radius 1 is 1.39 bits per heavy atom. The average Bonchev–Trinajstić information content (AvgIpc) is 2.59. The van der Waals surface area contributed by atoms with Crippen molar-refractivity contribution in [2.45, 2.75) is 13.3 Å². The number of hydrogen-bond donors (Lipinski definition) is 1. The van der Waals surface area contributed by atoms with Crippen LogP contribution in [0.25, 0.3) is 0 Å². The van der Waals surface area contributed by atoms with Gasteiger partial charge in [0.25, 0.3) is 0 Å². The SMILES string of the molecule is Cc1nn(C)c(Cc2ccc(Cl)cc2)c1/C=N/O. The molecule has 0 amide bonds. The Morgan fingerprint density at radius 3 is 2.67 bits per heavy atom. The molecule has 0 fully saturated rings. The molecule has 0 radical (unpaired) electrons. The quantitative estimate of drug-likeness (QED) is 0.526. The van der Waals surface area contributed by atoms with Crippen LogP contribution in [0.15, 0.2) is 29.4 Å². The number of benzene rings is 1. The van der Waals surface area contributed by atoms with Gasteiger partial charge in [0.05, 0.1) is 17.6 Å². The van der Waals surface area contributed by atoms with Gasteiger partial charge < -0.3 is 5.21 Å². The number of oxime groups is 1. The van der Waals surface area contributed by atoms with E-state index in [0.717, 1.165) is 34.0 Å². The molecule has 0 bridgehead atoms. The van der Waals surface area contributed by atoms with Gasteiger partial charge in [-0.05, 0) is 24.6 Å². The highest BCUT2D eigenvalue weighted by Gasteiger charge is 2.12. The lowest BCUT2D eigenvalue weighted by Crippen LogP contribution is -2.01. The van der Waals surface area contributed by atoms with Crippen LogP contribution in [0.5, 0.6) is 0 Å². The van der Waals surface area contributed by atoms with Gasteiger partial charge in [-0.1, -0.05) is 28.9 Å². The summed E-state index contributed by atoms with van der Waals surface area (Å²) in [5.74, 6) is 0. The molecule has 0 unspecified atom stereocenters. The van der Waals surface area contributed by atoms with Gasteiger partial charge in [-0.15, -0.1) is 0 Å². The summed E-state index contributed by atoms with van der Waals surface area (Å²) in [6, 6.07) is 7.68. The monoisotopic (exact) mass is 263 g/mol. The van der Waals surface area contributed by atoms with Gasteiger partial charge >= 0.3 is 0 Å². The molecule has 2 rings (SSSR count). The zero-order valence-corrected chi connectivity index (χ0v) is 11.0. The Labute approximate surface area is 111 Å². The van der Waals surface area contributed by atoms with Crippen molar-refractivity contribution in [2.24, 2.45) is 12.2 Å². The van der Waals surface area contributed by atoms with Gasteiger partial charge in [-0.3, -0.25) is 4.68 Å². The molecular formula is C13H14ClN3O. The first-order chi connectivity index (χ1) is 8.61. The number of nitrogens with zero attached hydrogens (tertiary/aromatic N) is 3. The first-order valence-corrected chi connectivity index (χ1v) is 5.94. The number of aromatic nitrogens is 2. The summed E-state index contributed by atoms with van der Waals surface area (Å²) < 4.78 is 1.81. The predicted molar refractivity (Wildman–Crippen MR) is 71.6 cm³/mol. The molecule has 1 aromatic carbocycles. The fourth-order valence-corrected chi connectivity index (χ4v) is 2.08. The first-order valence-electron chi connectivity index (χ1n) is 5.56. The summed E-state index contributed by atoms with van der Waals surface area (Å²) in [6.07, 6.45) is 2.14. The normalized spacial score (nSPS) is 11.3. The van der Waals surface area contributed by atoms with Crippen molar-refractivity contribution in [1.29, 1.82) is 0 Å². The van der Waals surface area contributed by atoms with Gasteiger partial charge in [0.15, 0.2) is 0 Å². The van der Waals surface area contributed by atoms with Crippen LogP contribution in [0.1, 0.15) is 22.5 Å². The van der Waals surface area contributed by atoms with Crippen LogP contribution in [-0.4, -0.2) is 21.2 Å². The molecule has 0 saturated heterocycles. The van der Waals surface area contributed by atoms with Crippen molar-refractivity contribution in [1.82, 2.24) is 9.78 Å². The van der Waals surface area contributed by atoms with E-state index < -0.39 is 0 Å². The van der Waals surface area contributed by atoms with E-state index in [4.69, 9.17) is 16.8 Å². The van der Waals surface area contributed by atoms with Crippen LogP contribution in [0.4, 0.5) is 0 Å². The van der Waals surface area contributed by atoms with Gasteiger partial charge in [0, 0.05) is 24.1 Å². The molecule has 1 aromatic heterocycles. The lowest BCUT2D eigenvalue weighted by Gasteiger charge is -2.04. The molecule has 1 heterocycles. The molecule has 4 nitrogen and oxygen atoms in total. The van der Waals surface area contributed by atoms with Crippen molar-refractivity contribution in [3.63, 3.8) is 0 Å². The third-order valence-electron chi connectivity index (χ3n) is 2.86. The molecule has 5 heteroatoms. The van der Waals surface area contributed by atoms with E-state index in [1.807, 2.05) is 38.2 Å². The largest absolute Gasteiger partial charge is 0.411 e. The summed E-state index contributed by atoms with van der Waals surface area (Å²) in [4.78, 5) is 0. The highest BCUT2D eigenvalue weighted by Crippen LogP contribution is 2.17. The number of hydrogen-bond acceptors (Lipinski definition) is 3. The maximum Gasteiger partial charge on any atom is 0.0771 e. The summed E-state index contributed by atoms with van der Waals surface area (Å²) in [5.41, 5.74) is 3.84. The highest BCUT2D eigenvalue weighted by atomic mass is 35.5. The molecule has 18 heavy (non-hydrogen) atoms. The van der Waals surface area contributed by atoms with E-state index in [1.165, 1.54) is 6.21 Å². The Bertz CT molecular complexity index is 573. The average molecular weight is 264 g/mol. The summed E-state index contributed by atoms with van der Waals surface area (Å²) in [6.45, 7) is 1.89. The molecule has 0 atom stereocenters. The maximum absolute atomic E-state index is 8.70. The van der Waals surface area contributed by atoms with Crippen LogP contribution in [-0.2, 0) is 13.5 Å². The fraction of sp³-hybridized carbons (Fsp3) is 0.231. The van der Waals surface area contributed by atoms with Crippen molar-refractivity contribution in [2.75, 3.05) is 0 Å². The summed E-state index contributed by atoms with van der Waals surface area (Å²) in [5, 5.41) is 16.8. The molecule has 94 valence electrons. The van der Waals surface area contributed by atoms with Crippen molar-refractivity contribution in [3.05, 3.63) is 51.8 Å². The minimum absolute atomic E-state index is 0.718. The standard InChI is InChI=1S/C13H14ClN3O/c1-9-12(8-15-18)13(17(2)16-9)7-10-3-5-11(14)6-4-10/h3-6,8,18H,7H2,1-2H3/b15-8+. The van der Waals surface area contributed by atoms with E-state index in [0.29, 0.717) is 0 Å². The molecule has 0 saturated carbocycles. The third-order valence-corrected chi connectivity index (χ3v) is 3.11. The lowest BCUT2D eigenvalue weighted by atomic mass is 10.1. The predicted octanol–water partition coefficient (Wildman–Crippen LogP) is 2.78. The smallest absolute Gasteiger partial charge is 0.0771 e. The van der Waals surface area contributed by atoms with Crippen molar-refractivity contribution in [3.8, 4) is 0 Å². The molecule has 2 aromatic rings. The van der Waals surface area contributed by atoms with Crippen LogP contribution in [0.3, 0.4) is 0 Å². The van der Waals surface area contributed by atoms with E-state index in [-0.39, 0.29) is 0 Å². The van der Waals surface area contributed by atoms with Gasteiger partial charge in [0.2, 0.25) is 0 Å². The van der Waals surface area contributed by atoms with Gasteiger partial charge in [0.1, 0.15) is 0 Å². The van der Waals surface area contributed by atoms with Crippen molar-refractivity contribution < 1.29 is 5.21 Å². The highest BCUT2D eigenvalue weighted by molar-refractivity contribution is 6.30. The molecule has 0 aliphatic rings. The van der Waals surface area contributed by atoms with E-state index in [2.05, 4.69) is 10.3 Å². The first kappa shape index (κ1) is 12.6. The van der Waals surface area contributed by atoms with Crippen LogP contribution in [0.2, 0.25) is 5.02 Å². The zero-order chi connectivity index (χ0) is 13.1. The minimum atomic E-state index is 0.718. The summed E-state index contributed by atoms with van der Waals surface area (Å²) in [7, 11) is 1.88. The van der Waals surface area contributed by atoms with Crippen LogP contribution >= 0.6 is 11.6 Å². The van der Waals surface area contributed by atoms with Crippen LogP contribution < -0.4 is 0 Å². The second-order valence-corrected chi connectivity index (χ2v) is 4.55. The van der Waals surface area contributed by atoms with E-state index >= 15 is 0 Å². The van der Waals surface area contributed by atoms with E-state index in [9.17, 15) is 0 Å². The second-order valence-electron chi connectivity index (χ2n) is 4.12. The molecular weight excluding hydrogens is 250 g/mol. The number of rotatable bonds is 3. The molecule has 0 spiro atoms. The third kappa shape index (κ3) is 2.54. The van der Waals surface area contributed by atoms with E-state index in [1.54, 1.807) is 4.68 Å². The topological polar surface area (TPSA) is 50.4 Å². The minimum Gasteiger partial charge on any atom is -0.411 e. The second kappa shape index (κ2) is 5.23.